The molecule has 27 heavy (non-hydrogen) atoms. The molecule has 1 fully saturated rings. The highest BCUT2D eigenvalue weighted by atomic mass is 35.5. The number of nitrogens with zero attached hydrogens (tertiary/aromatic N) is 1. The van der Waals surface area contributed by atoms with Gasteiger partial charge in [-0.05, 0) is 36.4 Å². The smallest absolute Gasteiger partial charge is 0.254 e. The van der Waals surface area contributed by atoms with E-state index in [2.05, 4.69) is 10.6 Å². The molecule has 0 saturated carbocycles. The highest BCUT2D eigenvalue weighted by molar-refractivity contribution is 6.35. The van der Waals surface area contributed by atoms with Gasteiger partial charge < -0.3 is 20.3 Å². The lowest BCUT2D eigenvalue weighted by Gasteiger charge is -2.27. The Hall–Kier alpha value is -2.28. The monoisotopic (exact) mass is 407 g/mol. The van der Waals surface area contributed by atoms with Crippen molar-refractivity contribution in [3.8, 4) is 0 Å². The Labute approximate surface area is 167 Å². The van der Waals surface area contributed by atoms with Gasteiger partial charge in [-0.15, -0.1) is 0 Å². The van der Waals surface area contributed by atoms with Crippen LogP contribution in [0.5, 0.6) is 0 Å². The fraction of sp³-hybridized carbons (Fsp3) is 0.263. The topological polar surface area (TPSA) is 70.7 Å². The molecule has 0 spiro atoms. The number of amides is 2. The molecule has 0 aliphatic carbocycles. The van der Waals surface area contributed by atoms with E-state index in [1.807, 2.05) is 0 Å². The van der Waals surface area contributed by atoms with Gasteiger partial charge >= 0.3 is 0 Å². The van der Waals surface area contributed by atoms with Crippen LogP contribution in [0.4, 0.5) is 11.4 Å². The summed E-state index contributed by atoms with van der Waals surface area (Å²) in [6.45, 7) is 2.29. The molecule has 0 atom stereocenters. The van der Waals surface area contributed by atoms with Gasteiger partial charge in [0.05, 0.1) is 30.5 Å². The number of hydrogen-bond acceptors (Lipinski definition) is 4. The lowest BCUT2D eigenvalue weighted by atomic mass is 10.1. The van der Waals surface area contributed by atoms with Crippen LogP contribution in [0.1, 0.15) is 10.4 Å². The SMILES string of the molecule is O=C(CNc1cccc(C(=O)N2CCOCC2)c1)Nc1cc(Cl)ccc1Cl. The van der Waals surface area contributed by atoms with Crippen molar-refractivity contribution in [2.24, 2.45) is 0 Å². The minimum Gasteiger partial charge on any atom is -0.378 e. The maximum absolute atomic E-state index is 12.5. The highest BCUT2D eigenvalue weighted by Gasteiger charge is 2.18. The minimum atomic E-state index is -0.274. The number of carbonyl (C=O) groups excluding carboxylic acids is 2. The molecule has 8 heteroatoms. The molecule has 0 aromatic heterocycles. The lowest BCUT2D eigenvalue weighted by molar-refractivity contribution is -0.114. The van der Waals surface area contributed by atoms with Gasteiger partial charge in [0.15, 0.2) is 0 Å². The number of rotatable bonds is 5. The van der Waals surface area contributed by atoms with E-state index in [4.69, 9.17) is 27.9 Å². The highest BCUT2D eigenvalue weighted by Crippen LogP contribution is 2.25. The summed E-state index contributed by atoms with van der Waals surface area (Å²) in [6.07, 6.45) is 0. The van der Waals surface area contributed by atoms with Gasteiger partial charge in [-0.25, -0.2) is 0 Å². The van der Waals surface area contributed by atoms with E-state index in [0.717, 1.165) is 0 Å². The third-order valence-corrected chi connectivity index (χ3v) is 4.63. The van der Waals surface area contributed by atoms with Crippen LogP contribution < -0.4 is 10.6 Å². The number of nitrogens with one attached hydrogen (secondary N) is 2. The maximum Gasteiger partial charge on any atom is 0.254 e. The molecule has 2 N–H and O–H groups in total. The molecule has 0 radical (unpaired) electrons. The van der Waals surface area contributed by atoms with Crippen LogP contribution in [-0.2, 0) is 9.53 Å². The third-order valence-electron chi connectivity index (χ3n) is 4.06. The van der Waals surface area contributed by atoms with E-state index in [1.54, 1.807) is 47.4 Å². The molecule has 1 heterocycles. The number of carbonyl (C=O) groups is 2. The predicted molar refractivity (Wildman–Crippen MR) is 107 cm³/mol. The second-order valence-electron chi connectivity index (χ2n) is 6.01. The summed E-state index contributed by atoms with van der Waals surface area (Å²) in [5.74, 6) is -0.318. The summed E-state index contributed by atoms with van der Waals surface area (Å²) in [4.78, 5) is 26.4. The number of ether oxygens (including phenoxy) is 1. The van der Waals surface area contributed by atoms with E-state index in [-0.39, 0.29) is 18.4 Å². The molecule has 2 aromatic rings. The molecule has 1 saturated heterocycles. The van der Waals surface area contributed by atoms with E-state index >= 15 is 0 Å². The first-order valence-electron chi connectivity index (χ1n) is 8.49. The average molecular weight is 408 g/mol. The van der Waals surface area contributed by atoms with Crippen molar-refractivity contribution in [1.29, 1.82) is 0 Å². The van der Waals surface area contributed by atoms with Gasteiger partial charge in [0.2, 0.25) is 5.91 Å². The molecule has 6 nitrogen and oxygen atoms in total. The maximum atomic E-state index is 12.5. The Bertz CT molecular complexity index is 839. The first-order chi connectivity index (χ1) is 13.0. The Morgan fingerprint density at radius 1 is 1.07 bits per heavy atom. The van der Waals surface area contributed by atoms with Crippen molar-refractivity contribution >= 4 is 46.4 Å². The molecule has 2 aromatic carbocycles. The quantitative estimate of drug-likeness (QED) is 0.795. The Morgan fingerprint density at radius 2 is 1.85 bits per heavy atom. The van der Waals surface area contributed by atoms with E-state index in [1.165, 1.54) is 0 Å². The molecule has 3 rings (SSSR count). The second-order valence-corrected chi connectivity index (χ2v) is 6.85. The van der Waals surface area contributed by atoms with Crippen molar-refractivity contribution < 1.29 is 14.3 Å². The van der Waals surface area contributed by atoms with Crippen molar-refractivity contribution in [2.45, 2.75) is 0 Å². The first-order valence-corrected chi connectivity index (χ1v) is 9.24. The third kappa shape index (κ3) is 5.35. The lowest BCUT2D eigenvalue weighted by Crippen LogP contribution is -2.40. The van der Waals surface area contributed by atoms with Crippen LogP contribution in [0.25, 0.3) is 0 Å². The zero-order chi connectivity index (χ0) is 19.2. The number of hydrogen-bond donors (Lipinski definition) is 2. The summed E-state index contributed by atoms with van der Waals surface area (Å²) in [5, 5.41) is 6.61. The van der Waals surface area contributed by atoms with Gasteiger partial charge in [0.25, 0.3) is 5.91 Å². The van der Waals surface area contributed by atoms with E-state index in [0.29, 0.717) is 53.3 Å². The average Bonchev–Trinajstić information content (AvgIpc) is 2.69. The van der Waals surface area contributed by atoms with Crippen LogP contribution in [0.2, 0.25) is 10.0 Å². The van der Waals surface area contributed by atoms with Crippen LogP contribution in [0.3, 0.4) is 0 Å². The Balaban J connectivity index is 1.58. The number of benzene rings is 2. The zero-order valence-corrected chi connectivity index (χ0v) is 16.0. The zero-order valence-electron chi connectivity index (χ0n) is 14.5. The summed E-state index contributed by atoms with van der Waals surface area (Å²) in [6, 6.07) is 11.9. The fourth-order valence-corrected chi connectivity index (χ4v) is 3.02. The second kappa shape index (κ2) is 9.08. The summed E-state index contributed by atoms with van der Waals surface area (Å²) in [5.41, 5.74) is 1.70. The largest absolute Gasteiger partial charge is 0.378 e. The van der Waals surface area contributed by atoms with Gasteiger partial charge in [0, 0.05) is 29.4 Å². The number of morpholine rings is 1. The van der Waals surface area contributed by atoms with Crippen molar-refractivity contribution in [3.63, 3.8) is 0 Å². The summed E-state index contributed by atoms with van der Waals surface area (Å²) >= 11 is 12.0. The number of anilines is 2. The molecular formula is C19H19Cl2N3O3. The molecule has 2 amide bonds. The standard InChI is InChI=1S/C19H19Cl2N3O3/c20-14-4-5-16(21)17(11-14)23-18(25)12-22-15-3-1-2-13(10-15)19(26)24-6-8-27-9-7-24/h1-5,10-11,22H,6-9,12H2,(H,23,25). The summed E-state index contributed by atoms with van der Waals surface area (Å²) < 4.78 is 5.27. The number of halogens is 2. The molecule has 142 valence electrons. The first kappa shape index (κ1) is 19.5. The van der Waals surface area contributed by atoms with Crippen LogP contribution in [-0.4, -0.2) is 49.6 Å². The Morgan fingerprint density at radius 3 is 2.63 bits per heavy atom. The van der Waals surface area contributed by atoms with Crippen molar-refractivity contribution in [3.05, 3.63) is 58.1 Å². The molecule has 0 unspecified atom stereocenters. The molecular weight excluding hydrogens is 389 g/mol. The van der Waals surface area contributed by atoms with Crippen LogP contribution >= 0.6 is 23.2 Å². The van der Waals surface area contributed by atoms with Crippen molar-refractivity contribution in [1.82, 2.24) is 4.90 Å². The molecule has 0 bridgehead atoms. The normalized spacial score (nSPS) is 13.9. The van der Waals surface area contributed by atoms with Gasteiger partial charge in [-0.3, -0.25) is 9.59 Å². The summed E-state index contributed by atoms with van der Waals surface area (Å²) in [7, 11) is 0. The van der Waals surface area contributed by atoms with Gasteiger partial charge in [0.1, 0.15) is 0 Å². The van der Waals surface area contributed by atoms with Gasteiger partial charge in [-0.1, -0.05) is 29.3 Å². The minimum absolute atomic E-state index is 0.0258. The van der Waals surface area contributed by atoms with Gasteiger partial charge in [-0.2, -0.15) is 0 Å². The Kier molecular flexibility index (Phi) is 6.55. The van der Waals surface area contributed by atoms with Crippen LogP contribution in [0, 0.1) is 0 Å². The fourth-order valence-electron chi connectivity index (χ4n) is 2.68. The van der Waals surface area contributed by atoms with Crippen molar-refractivity contribution in [2.75, 3.05) is 43.5 Å². The van der Waals surface area contributed by atoms with E-state index < -0.39 is 0 Å². The molecule has 1 aliphatic heterocycles. The molecule has 1 aliphatic rings. The van der Waals surface area contributed by atoms with E-state index in [9.17, 15) is 9.59 Å². The van der Waals surface area contributed by atoms with Crippen LogP contribution in [0.15, 0.2) is 42.5 Å². The predicted octanol–water partition coefficient (Wildman–Crippen LogP) is 3.52.